The SMILES string of the molecule is COc1ccccc1-c1cc(CN)nc(-c2ccccc2)n1.Cl. The zero-order valence-corrected chi connectivity index (χ0v) is 13.6. The second-order valence-corrected chi connectivity index (χ2v) is 4.84. The van der Waals surface area contributed by atoms with Crippen LogP contribution in [0.4, 0.5) is 0 Å². The molecule has 0 atom stereocenters. The highest BCUT2D eigenvalue weighted by Crippen LogP contribution is 2.29. The Hall–Kier alpha value is -2.43. The van der Waals surface area contributed by atoms with Crippen LogP contribution >= 0.6 is 12.4 Å². The van der Waals surface area contributed by atoms with Crippen molar-refractivity contribution in [3.63, 3.8) is 0 Å². The number of halogens is 1. The van der Waals surface area contributed by atoms with E-state index < -0.39 is 0 Å². The summed E-state index contributed by atoms with van der Waals surface area (Å²) in [7, 11) is 1.65. The maximum absolute atomic E-state index is 5.79. The van der Waals surface area contributed by atoms with Crippen molar-refractivity contribution >= 4 is 12.4 Å². The first-order valence-corrected chi connectivity index (χ1v) is 7.08. The molecule has 0 spiro atoms. The summed E-state index contributed by atoms with van der Waals surface area (Å²) in [4.78, 5) is 9.21. The molecule has 3 aromatic rings. The number of para-hydroxylation sites is 1. The molecule has 0 radical (unpaired) electrons. The molecule has 2 aromatic carbocycles. The van der Waals surface area contributed by atoms with E-state index in [0.717, 1.165) is 28.3 Å². The summed E-state index contributed by atoms with van der Waals surface area (Å²) < 4.78 is 5.43. The van der Waals surface area contributed by atoms with E-state index in [1.165, 1.54) is 0 Å². The molecule has 2 N–H and O–H groups in total. The van der Waals surface area contributed by atoms with Gasteiger partial charge >= 0.3 is 0 Å². The fourth-order valence-electron chi connectivity index (χ4n) is 2.31. The molecule has 23 heavy (non-hydrogen) atoms. The molecular formula is C18H18ClN3O. The van der Waals surface area contributed by atoms with Gasteiger partial charge in [-0.3, -0.25) is 0 Å². The van der Waals surface area contributed by atoms with E-state index in [1.807, 2.05) is 60.7 Å². The van der Waals surface area contributed by atoms with Crippen molar-refractivity contribution in [2.45, 2.75) is 6.54 Å². The maximum atomic E-state index is 5.79. The van der Waals surface area contributed by atoms with Crippen LogP contribution in [0.25, 0.3) is 22.6 Å². The number of methoxy groups -OCH3 is 1. The summed E-state index contributed by atoms with van der Waals surface area (Å²) >= 11 is 0. The lowest BCUT2D eigenvalue weighted by Gasteiger charge is -2.10. The molecule has 3 rings (SSSR count). The minimum absolute atomic E-state index is 0. The smallest absolute Gasteiger partial charge is 0.160 e. The highest BCUT2D eigenvalue weighted by atomic mass is 35.5. The molecule has 0 unspecified atom stereocenters. The average Bonchev–Trinajstić information content (AvgIpc) is 2.62. The minimum atomic E-state index is 0. The lowest BCUT2D eigenvalue weighted by atomic mass is 10.1. The Bertz CT molecular complexity index is 778. The number of ether oxygens (including phenoxy) is 1. The van der Waals surface area contributed by atoms with E-state index in [9.17, 15) is 0 Å². The number of aromatic nitrogens is 2. The van der Waals surface area contributed by atoms with Gasteiger partial charge < -0.3 is 10.5 Å². The fourth-order valence-corrected chi connectivity index (χ4v) is 2.31. The Balaban J connectivity index is 0.00000192. The van der Waals surface area contributed by atoms with Crippen LogP contribution in [0.5, 0.6) is 5.75 Å². The molecule has 0 aliphatic heterocycles. The second-order valence-electron chi connectivity index (χ2n) is 4.84. The monoisotopic (exact) mass is 327 g/mol. The van der Waals surface area contributed by atoms with E-state index in [-0.39, 0.29) is 12.4 Å². The number of nitrogens with two attached hydrogens (primary N) is 1. The van der Waals surface area contributed by atoms with Crippen molar-refractivity contribution in [2.24, 2.45) is 5.73 Å². The van der Waals surface area contributed by atoms with Crippen LogP contribution in [0.3, 0.4) is 0 Å². The van der Waals surface area contributed by atoms with Crippen molar-refractivity contribution in [2.75, 3.05) is 7.11 Å². The van der Waals surface area contributed by atoms with Crippen molar-refractivity contribution in [1.29, 1.82) is 0 Å². The highest BCUT2D eigenvalue weighted by Gasteiger charge is 2.11. The Morgan fingerprint density at radius 3 is 2.35 bits per heavy atom. The molecule has 0 bridgehead atoms. The number of benzene rings is 2. The van der Waals surface area contributed by atoms with Gasteiger partial charge in [-0.15, -0.1) is 12.4 Å². The lowest BCUT2D eigenvalue weighted by Crippen LogP contribution is -2.04. The van der Waals surface area contributed by atoms with Crippen molar-refractivity contribution < 1.29 is 4.74 Å². The first kappa shape index (κ1) is 16.9. The fraction of sp³-hybridized carbons (Fsp3) is 0.111. The van der Waals surface area contributed by atoms with Crippen molar-refractivity contribution in [3.8, 4) is 28.4 Å². The minimum Gasteiger partial charge on any atom is -0.496 e. The molecule has 0 saturated heterocycles. The number of hydrogen-bond acceptors (Lipinski definition) is 4. The van der Waals surface area contributed by atoms with Gasteiger partial charge in [-0.05, 0) is 18.2 Å². The first-order valence-electron chi connectivity index (χ1n) is 7.08. The molecule has 0 aliphatic rings. The molecule has 0 fully saturated rings. The first-order chi connectivity index (χ1) is 10.8. The van der Waals surface area contributed by atoms with Gasteiger partial charge in [0.1, 0.15) is 5.75 Å². The molecule has 0 saturated carbocycles. The van der Waals surface area contributed by atoms with Crippen LogP contribution in [-0.2, 0) is 6.54 Å². The standard InChI is InChI=1S/C18H17N3O.ClH/c1-22-17-10-6-5-9-15(17)16-11-14(12-19)20-18(21-16)13-7-3-2-4-8-13;/h2-11H,12,19H2,1H3;1H. The van der Waals surface area contributed by atoms with Gasteiger partial charge in [-0.1, -0.05) is 42.5 Å². The zero-order valence-electron chi connectivity index (χ0n) is 12.8. The highest BCUT2D eigenvalue weighted by molar-refractivity contribution is 5.85. The van der Waals surface area contributed by atoms with Gasteiger partial charge in [-0.25, -0.2) is 9.97 Å². The summed E-state index contributed by atoms with van der Waals surface area (Å²) in [5.41, 5.74) is 9.30. The third kappa shape index (κ3) is 3.67. The summed E-state index contributed by atoms with van der Waals surface area (Å²) in [6, 6.07) is 19.6. The maximum Gasteiger partial charge on any atom is 0.160 e. The number of nitrogens with zero attached hydrogens (tertiary/aromatic N) is 2. The summed E-state index contributed by atoms with van der Waals surface area (Å²) in [6.45, 7) is 0.366. The van der Waals surface area contributed by atoms with Gasteiger partial charge in [0.15, 0.2) is 5.82 Å². The van der Waals surface area contributed by atoms with Crippen LogP contribution in [0.1, 0.15) is 5.69 Å². The Kier molecular flexibility index (Phi) is 5.68. The predicted octanol–water partition coefficient (Wildman–Crippen LogP) is 3.70. The quantitative estimate of drug-likeness (QED) is 0.793. The number of rotatable bonds is 4. The number of hydrogen-bond donors (Lipinski definition) is 1. The lowest BCUT2D eigenvalue weighted by molar-refractivity contribution is 0.416. The van der Waals surface area contributed by atoms with Crippen molar-refractivity contribution in [1.82, 2.24) is 9.97 Å². The normalized spacial score (nSPS) is 10.0. The Labute approximate surface area is 141 Å². The summed E-state index contributed by atoms with van der Waals surface area (Å²) in [6.07, 6.45) is 0. The van der Waals surface area contributed by atoms with E-state index in [1.54, 1.807) is 7.11 Å². The molecule has 0 aliphatic carbocycles. The molecule has 5 heteroatoms. The second kappa shape index (κ2) is 7.72. The predicted molar refractivity (Wildman–Crippen MR) is 94.6 cm³/mol. The molecule has 1 aromatic heterocycles. The van der Waals surface area contributed by atoms with E-state index in [2.05, 4.69) is 9.97 Å². The Morgan fingerprint density at radius 1 is 0.957 bits per heavy atom. The molecule has 0 amide bonds. The average molecular weight is 328 g/mol. The van der Waals surface area contributed by atoms with Crippen LogP contribution < -0.4 is 10.5 Å². The van der Waals surface area contributed by atoms with Gasteiger partial charge in [0, 0.05) is 17.7 Å². The zero-order chi connectivity index (χ0) is 15.4. The van der Waals surface area contributed by atoms with Crippen LogP contribution in [0.15, 0.2) is 60.7 Å². The summed E-state index contributed by atoms with van der Waals surface area (Å²) in [5, 5.41) is 0. The van der Waals surface area contributed by atoms with Gasteiger partial charge in [0.25, 0.3) is 0 Å². The molecular weight excluding hydrogens is 310 g/mol. The van der Waals surface area contributed by atoms with Gasteiger partial charge in [0.2, 0.25) is 0 Å². The third-order valence-electron chi connectivity index (χ3n) is 3.40. The molecule has 118 valence electrons. The van der Waals surface area contributed by atoms with E-state index >= 15 is 0 Å². The largest absolute Gasteiger partial charge is 0.496 e. The van der Waals surface area contributed by atoms with Crippen molar-refractivity contribution in [3.05, 3.63) is 66.4 Å². The molecule has 1 heterocycles. The topological polar surface area (TPSA) is 61.0 Å². The van der Waals surface area contributed by atoms with Crippen LogP contribution in [0.2, 0.25) is 0 Å². The van der Waals surface area contributed by atoms with Gasteiger partial charge in [0.05, 0.1) is 18.5 Å². The summed E-state index contributed by atoms with van der Waals surface area (Å²) in [5.74, 6) is 1.45. The van der Waals surface area contributed by atoms with Gasteiger partial charge in [-0.2, -0.15) is 0 Å². The van der Waals surface area contributed by atoms with E-state index in [0.29, 0.717) is 12.4 Å². The van der Waals surface area contributed by atoms with Crippen LogP contribution in [-0.4, -0.2) is 17.1 Å². The molecule has 4 nitrogen and oxygen atoms in total. The Morgan fingerprint density at radius 2 is 1.65 bits per heavy atom. The van der Waals surface area contributed by atoms with Crippen LogP contribution in [0, 0.1) is 0 Å². The van der Waals surface area contributed by atoms with E-state index in [4.69, 9.17) is 10.5 Å². The third-order valence-corrected chi connectivity index (χ3v) is 3.40.